The number of hydrogen-bond donors (Lipinski definition) is 0. The summed E-state index contributed by atoms with van der Waals surface area (Å²) in [7, 11) is 0. The fourth-order valence-electron chi connectivity index (χ4n) is 1.40. The molecule has 0 aromatic heterocycles. The summed E-state index contributed by atoms with van der Waals surface area (Å²) in [5.41, 5.74) is 0.695. The lowest BCUT2D eigenvalue weighted by Gasteiger charge is -2.15. The average Bonchev–Trinajstić information content (AvgIpc) is 2.37. The van der Waals surface area contributed by atoms with Gasteiger partial charge in [0, 0.05) is 30.9 Å². The van der Waals surface area contributed by atoms with Crippen molar-refractivity contribution in [3.8, 4) is 0 Å². The maximum atomic E-state index is 11.8. The highest BCUT2D eigenvalue weighted by molar-refractivity contribution is 6.04. The lowest BCUT2D eigenvalue weighted by molar-refractivity contribution is 0.104. The van der Waals surface area contributed by atoms with Crippen LogP contribution in [0.1, 0.15) is 10.4 Å². The third kappa shape index (κ3) is 4.51. The van der Waals surface area contributed by atoms with Gasteiger partial charge in [-0.05, 0) is 0 Å². The molecule has 0 atom stereocenters. The second-order valence-corrected chi connectivity index (χ2v) is 3.58. The normalized spacial score (nSPS) is 10.1. The molecule has 1 rings (SSSR count). The molecule has 0 aliphatic rings. The molecule has 0 bridgehead atoms. The second kappa shape index (κ2) is 7.23. The van der Waals surface area contributed by atoms with Crippen LogP contribution < -0.4 is 0 Å². The smallest absolute Gasteiger partial charge is 0.187 e. The van der Waals surface area contributed by atoms with E-state index in [1.165, 1.54) is 0 Å². The molecule has 88 valence electrons. The van der Waals surface area contributed by atoms with E-state index in [2.05, 4.69) is 13.2 Å². The first-order valence-electron chi connectivity index (χ1n) is 5.51. The molecule has 0 saturated heterocycles. The van der Waals surface area contributed by atoms with Crippen molar-refractivity contribution < 1.29 is 4.79 Å². The van der Waals surface area contributed by atoms with Gasteiger partial charge in [-0.2, -0.15) is 0 Å². The highest BCUT2D eigenvalue weighted by atomic mass is 16.1. The van der Waals surface area contributed by atoms with Gasteiger partial charge in [-0.1, -0.05) is 42.5 Å². The van der Waals surface area contributed by atoms with Crippen LogP contribution in [0.4, 0.5) is 0 Å². The van der Waals surface area contributed by atoms with E-state index in [0.717, 1.165) is 0 Å². The first-order valence-corrected chi connectivity index (χ1v) is 5.51. The number of benzene rings is 1. The maximum absolute atomic E-state index is 11.8. The van der Waals surface area contributed by atoms with Crippen molar-refractivity contribution in [2.24, 2.45) is 0 Å². The van der Waals surface area contributed by atoms with Crippen LogP contribution in [-0.2, 0) is 0 Å². The van der Waals surface area contributed by atoms with Crippen LogP contribution in [0.15, 0.2) is 67.9 Å². The van der Waals surface area contributed by atoms with Crippen molar-refractivity contribution in [1.82, 2.24) is 4.90 Å². The lowest BCUT2D eigenvalue weighted by atomic mass is 10.1. The summed E-state index contributed by atoms with van der Waals surface area (Å²) in [5.74, 6) is 0.00345. The van der Waals surface area contributed by atoms with E-state index in [0.29, 0.717) is 18.7 Å². The Morgan fingerprint density at radius 3 is 2.24 bits per heavy atom. The van der Waals surface area contributed by atoms with Crippen molar-refractivity contribution >= 4 is 5.78 Å². The van der Waals surface area contributed by atoms with Gasteiger partial charge in [0.1, 0.15) is 0 Å². The quantitative estimate of drug-likeness (QED) is 0.405. The average molecular weight is 227 g/mol. The standard InChI is InChI=1S/C15H17NO/c1-3-11-16(12-4-2)13-10-15(17)14-8-6-5-7-9-14/h3-10,13H,1-2,11-12H2/b13-10+. The second-order valence-electron chi connectivity index (χ2n) is 3.58. The molecule has 0 unspecified atom stereocenters. The number of nitrogens with zero attached hydrogens (tertiary/aromatic N) is 1. The molecule has 0 amide bonds. The van der Waals surface area contributed by atoms with Crippen molar-refractivity contribution in [2.75, 3.05) is 13.1 Å². The zero-order chi connectivity index (χ0) is 12.5. The molecule has 2 heteroatoms. The van der Waals surface area contributed by atoms with Gasteiger partial charge in [0.25, 0.3) is 0 Å². The zero-order valence-electron chi connectivity index (χ0n) is 9.88. The Morgan fingerprint density at radius 2 is 1.71 bits per heavy atom. The summed E-state index contributed by atoms with van der Waals surface area (Å²) in [6.45, 7) is 8.74. The molecule has 0 aliphatic carbocycles. The van der Waals surface area contributed by atoms with E-state index in [4.69, 9.17) is 0 Å². The summed E-state index contributed by atoms with van der Waals surface area (Å²) in [5, 5.41) is 0. The summed E-state index contributed by atoms with van der Waals surface area (Å²) in [6.07, 6.45) is 6.93. The Kier molecular flexibility index (Phi) is 5.52. The first kappa shape index (κ1) is 13.0. The van der Waals surface area contributed by atoms with Crippen LogP contribution in [0, 0.1) is 0 Å². The Labute approximate surface area is 103 Å². The van der Waals surface area contributed by atoms with Gasteiger partial charge in [-0.25, -0.2) is 0 Å². The lowest BCUT2D eigenvalue weighted by Crippen LogP contribution is -2.17. The van der Waals surface area contributed by atoms with Crippen LogP contribution in [0.3, 0.4) is 0 Å². The van der Waals surface area contributed by atoms with Crippen molar-refractivity contribution in [2.45, 2.75) is 0 Å². The molecule has 0 radical (unpaired) electrons. The fourth-order valence-corrected chi connectivity index (χ4v) is 1.40. The van der Waals surface area contributed by atoms with E-state index in [-0.39, 0.29) is 5.78 Å². The predicted molar refractivity (Wildman–Crippen MR) is 71.9 cm³/mol. The monoisotopic (exact) mass is 227 g/mol. The number of ketones is 1. The maximum Gasteiger partial charge on any atom is 0.187 e. The van der Waals surface area contributed by atoms with Gasteiger partial charge < -0.3 is 4.90 Å². The van der Waals surface area contributed by atoms with E-state index in [1.54, 1.807) is 36.6 Å². The minimum atomic E-state index is 0.00345. The van der Waals surface area contributed by atoms with Gasteiger partial charge in [0.05, 0.1) is 0 Å². The Hall–Kier alpha value is -2.09. The highest BCUT2D eigenvalue weighted by Gasteiger charge is 2.00. The fraction of sp³-hybridized carbons (Fsp3) is 0.133. The molecular weight excluding hydrogens is 210 g/mol. The van der Waals surface area contributed by atoms with Crippen LogP contribution in [0.25, 0.3) is 0 Å². The van der Waals surface area contributed by atoms with Gasteiger partial charge >= 0.3 is 0 Å². The van der Waals surface area contributed by atoms with Crippen LogP contribution in [0.5, 0.6) is 0 Å². The minimum Gasteiger partial charge on any atom is -0.370 e. The molecule has 0 spiro atoms. The van der Waals surface area contributed by atoms with Crippen molar-refractivity contribution in [1.29, 1.82) is 0 Å². The van der Waals surface area contributed by atoms with Gasteiger partial charge in [0.2, 0.25) is 0 Å². The molecular formula is C15H17NO. The van der Waals surface area contributed by atoms with E-state index < -0.39 is 0 Å². The topological polar surface area (TPSA) is 20.3 Å². The van der Waals surface area contributed by atoms with E-state index in [9.17, 15) is 4.79 Å². The van der Waals surface area contributed by atoms with E-state index >= 15 is 0 Å². The highest BCUT2D eigenvalue weighted by Crippen LogP contribution is 2.01. The predicted octanol–water partition coefficient (Wildman–Crippen LogP) is 3.06. The van der Waals surface area contributed by atoms with Gasteiger partial charge in [0.15, 0.2) is 5.78 Å². The molecule has 17 heavy (non-hydrogen) atoms. The van der Waals surface area contributed by atoms with Crippen LogP contribution in [-0.4, -0.2) is 23.8 Å². The van der Waals surface area contributed by atoms with Crippen molar-refractivity contribution in [3.63, 3.8) is 0 Å². The molecule has 0 aliphatic heterocycles. The number of carbonyl (C=O) groups excluding carboxylic acids is 1. The third-order valence-electron chi connectivity index (χ3n) is 2.22. The third-order valence-corrected chi connectivity index (χ3v) is 2.22. The molecule has 0 fully saturated rings. The summed E-state index contributed by atoms with van der Waals surface area (Å²) in [4.78, 5) is 13.8. The van der Waals surface area contributed by atoms with Crippen LogP contribution in [0.2, 0.25) is 0 Å². The Balaban J connectivity index is 2.65. The van der Waals surface area contributed by atoms with Crippen LogP contribution >= 0.6 is 0 Å². The molecule has 1 aromatic rings. The van der Waals surface area contributed by atoms with E-state index in [1.807, 2.05) is 23.1 Å². The molecule has 0 N–H and O–H groups in total. The van der Waals surface area contributed by atoms with Gasteiger partial charge in [-0.3, -0.25) is 4.79 Å². The molecule has 0 heterocycles. The Morgan fingerprint density at radius 1 is 1.12 bits per heavy atom. The van der Waals surface area contributed by atoms with Gasteiger partial charge in [-0.15, -0.1) is 13.2 Å². The summed E-state index contributed by atoms with van der Waals surface area (Å²) in [6, 6.07) is 9.21. The molecule has 2 nitrogen and oxygen atoms in total. The summed E-state index contributed by atoms with van der Waals surface area (Å²) < 4.78 is 0. The zero-order valence-corrected chi connectivity index (χ0v) is 9.88. The SMILES string of the molecule is C=CCN(/C=C/C(=O)c1ccccc1)CC=C. The number of hydrogen-bond acceptors (Lipinski definition) is 2. The first-order chi connectivity index (χ1) is 8.27. The molecule has 1 aromatic carbocycles. The largest absolute Gasteiger partial charge is 0.370 e. The minimum absolute atomic E-state index is 0.00345. The Bertz CT molecular complexity index is 396. The number of carbonyl (C=O) groups is 1. The number of allylic oxidation sites excluding steroid dienone is 1. The summed E-state index contributed by atoms with van der Waals surface area (Å²) >= 11 is 0. The number of rotatable bonds is 7. The molecule has 0 saturated carbocycles. The van der Waals surface area contributed by atoms with Crippen molar-refractivity contribution in [3.05, 3.63) is 73.5 Å².